The van der Waals surface area contributed by atoms with Crippen LogP contribution in [0.3, 0.4) is 0 Å². The summed E-state index contributed by atoms with van der Waals surface area (Å²) in [6.45, 7) is 4.55. The predicted octanol–water partition coefficient (Wildman–Crippen LogP) is 2.73. The molecule has 0 amide bonds. The summed E-state index contributed by atoms with van der Waals surface area (Å²) >= 11 is 0. The van der Waals surface area contributed by atoms with Crippen LogP contribution in [0.25, 0.3) is 0 Å². The number of pyridine rings is 1. The van der Waals surface area contributed by atoms with Crippen LogP contribution in [-0.2, 0) is 13.0 Å². The zero-order chi connectivity index (χ0) is 16.6. The molecule has 2 heterocycles. The fraction of sp³-hybridized carbons (Fsp3) is 0.333. The van der Waals surface area contributed by atoms with Crippen LogP contribution in [-0.4, -0.2) is 30.8 Å². The lowest BCUT2D eigenvalue weighted by Crippen LogP contribution is -2.38. The second-order valence-electron chi connectivity index (χ2n) is 5.42. The van der Waals surface area contributed by atoms with E-state index >= 15 is 0 Å². The second-order valence-corrected chi connectivity index (χ2v) is 5.42. The summed E-state index contributed by atoms with van der Waals surface area (Å²) in [5.41, 5.74) is 2.29. The highest BCUT2D eigenvalue weighted by Crippen LogP contribution is 2.32. The first kappa shape index (κ1) is 19.3. The number of hydrogen-bond acceptors (Lipinski definition) is 4. The summed E-state index contributed by atoms with van der Waals surface area (Å²) in [6, 6.07) is 9.94. The van der Waals surface area contributed by atoms with E-state index in [1.807, 2.05) is 30.5 Å². The number of aliphatic imine (C=N–C) groups is 1. The van der Waals surface area contributed by atoms with E-state index in [0.29, 0.717) is 13.3 Å². The van der Waals surface area contributed by atoms with E-state index in [1.54, 1.807) is 6.20 Å². The van der Waals surface area contributed by atoms with Crippen LogP contribution in [0.15, 0.2) is 47.7 Å². The van der Waals surface area contributed by atoms with Crippen molar-refractivity contribution in [3.8, 4) is 11.5 Å². The summed E-state index contributed by atoms with van der Waals surface area (Å²) in [6.07, 6.45) is 4.58. The Balaban J connectivity index is 0.00000225. The molecule has 2 N–H and O–H groups in total. The van der Waals surface area contributed by atoms with Gasteiger partial charge in [0, 0.05) is 25.5 Å². The van der Waals surface area contributed by atoms with Crippen molar-refractivity contribution in [2.24, 2.45) is 4.99 Å². The summed E-state index contributed by atoms with van der Waals surface area (Å²) in [5.74, 6) is 2.39. The number of ether oxygens (including phenoxy) is 2. The molecule has 0 unspecified atom stereocenters. The molecule has 7 heteroatoms. The van der Waals surface area contributed by atoms with Crippen LogP contribution in [0.4, 0.5) is 0 Å². The Kier molecular flexibility index (Phi) is 7.77. The normalized spacial score (nSPS) is 12.4. The quantitative estimate of drug-likeness (QED) is 0.399. The van der Waals surface area contributed by atoms with E-state index in [9.17, 15) is 0 Å². The van der Waals surface area contributed by atoms with Crippen LogP contribution in [0.5, 0.6) is 11.5 Å². The number of nitrogens with zero attached hydrogens (tertiary/aromatic N) is 2. The van der Waals surface area contributed by atoms with Crippen molar-refractivity contribution in [2.45, 2.75) is 19.9 Å². The van der Waals surface area contributed by atoms with Crippen molar-refractivity contribution < 1.29 is 9.47 Å². The van der Waals surface area contributed by atoms with Gasteiger partial charge in [0.05, 0.1) is 6.54 Å². The Hall–Kier alpha value is -2.03. The highest BCUT2D eigenvalue weighted by atomic mass is 127. The van der Waals surface area contributed by atoms with Crippen LogP contribution in [0.2, 0.25) is 0 Å². The van der Waals surface area contributed by atoms with E-state index in [1.165, 1.54) is 5.56 Å². The average molecular weight is 454 g/mol. The minimum Gasteiger partial charge on any atom is -0.454 e. The molecule has 0 saturated carbocycles. The highest BCUT2D eigenvalue weighted by molar-refractivity contribution is 14.0. The number of guanidine groups is 1. The highest BCUT2D eigenvalue weighted by Gasteiger charge is 2.12. The Morgan fingerprint density at radius 3 is 2.84 bits per heavy atom. The van der Waals surface area contributed by atoms with Gasteiger partial charge in [0.2, 0.25) is 6.79 Å². The maximum Gasteiger partial charge on any atom is 0.231 e. The fourth-order valence-electron chi connectivity index (χ4n) is 2.42. The lowest BCUT2D eigenvalue weighted by Gasteiger charge is -2.11. The molecule has 0 fully saturated rings. The maximum atomic E-state index is 5.40. The Morgan fingerprint density at radius 2 is 2.04 bits per heavy atom. The van der Waals surface area contributed by atoms with Gasteiger partial charge in [0.1, 0.15) is 0 Å². The van der Waals surface area contributed by atoms with E-state index in [0.717, 1.165) is 42.5 Å². The Labute approximate surface area is 165 Å². The summed E-state index contributed by atoms with van der Waals surface area (Å²) in [5, 5.41) is 6.61. The first-order valence-corrected chi connectivity index (χ1v) is 8.15. The first-order valence-electron chi connectivity index (χ1n) is 8.15. The third-order valence-electron chi connectivity index (χ3n) is 3.63. The van der Waals surface area contributed by atoms with E-state index < -0.39 is 0 Å². The SMILES string of the molecule is CCNC(=NCc1ccc2c(c1)OCO2)NCCc1cccnc1.I. The van der Waals surface area contributed by atoms with Crippen LogP contribution in [0, 0.1) is 0 Å². The Bertz CT molecular complexity index is 695. The molecule has 1 aliphatic heterocycles. The smallest absolute Gasteiger partial charge is 0.231 e. The molecular weight excluding hydrogens is 431 g/mol. The van der Waals surface area contributed by atoms with Crippen molar-refractivity contribution in [1.29, 1.82) is 0 Å². The molecule has 2 aromatic rings. The Morgan fingerprint density at radius 1 is 1.16 bits per heavy atom. The molecular formula is C18H23IN4O2. The summed E-state index contributed by atoms with van der Waals surface area (Å²) < 4.78 is 10.7. The molecule has 0 aliphatic carbocycles. The van der Waals surface area contributed by atoms with Crippen LogP contribution < -0.4 is 20.1 Å². The third-order valence-corrected chi connectivity index (χ3v) is 3.63. The van der Waals surface area contributed by atoms with E-state index in [4.69, 9.17) is 9.47 Å². The molecule has 1 aromatic heterocycles. The molecule has 0 bridgehead atoms. The molecule has 1 aromatic carbocycles. The van der Waals surface area contributed by atoms with E-state index in [2.05, 4.69) is 33.6 Å². The molecule has 3 rings (SSSR count). The van der Waals surface area contributed by atoms with Gasteiger partial charge in [-0.1, -0.05) is 12.1 Å². The lowest BCUT2D eigenvalue weighted by molar-refractivity contribution is 0.174. The number of halogens is 1. The number of aromatic nitrogens is 1. The van der Waals surface area contributed by atoms with Gasteiger partial charge in [-0.3, -0.25) is 4.98 Å². The molecule has 134 valence electrons. The number of rotatable bonds is 6. The first-order chi connectivity index (χ1) is 11.8. The van der Waals surface area contributed by atoms with Gasteiger partial charge in [-0.15, -0.1) is 24.0 Å². The number of benzene rings is 1. The molecule has 0 radical (unpaired) electrons. The second kappa shape index (κ2) is 10.1. The number of hydrogen-bond donors (Lipinski definition) is 2. The summed E-state index contributed by atoms with van der Waals surface area (Å²) in [7, 11) is 0. The molecule has 0 saturated heterocycles. The van der Waals surface area contributed by atoms with Gasteiger partial charge in [-0.25, -0.2) is 4.99 Å². The molecule has 6 nitrogen and oxygen atoms in total. The fourth-order valence-corrected chi connectivity index (χ4v) is 2.42. The van der Waals surface area contributed by atoms with Gasteiger partial charge in [0.15, 0.2) is 17.5 Å². The van der Waals surface area contributed by atoms with Crippen molar-refractivity contribution in [2.75, 3.05) is 19.9 Å². The monoisotopic (exact) mass is 454 g/mol. The molecule has 1 aliphatic rings. The molecule has 25 heavy (non-hydrogen) atoms. The van der Waals surface area contributed by atoms with Crippen molar-refractivity contribution >= 4 is 29.9 Å². The standard InChI is InChI=1S/C18H22N4O2.HI/c1-2-20-18(21-9-7-14-4-3-8-19-11-14)22-12-15-5-6-16-17(10-15)24-13-23-16;/h3-6,8,10-11H,2,7,9,12-13H2,1H3,(H2,20,21,22);1H. The molecule has 0 atom stereocenters. The van der Waals surface area contributed by atoms with Crippen molar-refractivity contribution in [3.05, 3.63) is 53.9 Å². The van der Waals surface area contributed by atoms with Crippen molar-refractivity contribution in [3.63, 3.8) is 0 Å². The van der Waals surface area contributed by atoms with Gasteiger partial charge >= 0.3 is 0 Å². The van der Waals surface area contributed by atoms with Crippen molar-refractivity contribution in [1.82, 2.24) is 15.6 Å². The number of fused-ring (bicyclic) bond motifs is 1. The third kappa shape index (κ3) is 5.77. The number of nitrogens with one attached hydrogen (secondary N) is 2. The zero-order valence-electron chi connectivity index (χ0n) is 14.2. The average Bonchev–Trinajstić information content (AvgIpc) is 3.08. The van der Waals surface area contributed by atoms with Gasteiger partial charge in [0.25, 0.3) is 0 Å². The van der Waals surface area contributed by atoms with Crippen LogP contribution in [0.1, 0.15) is 18.1 Å². The largest absolute Gasteiger partial charge is 0.454 e. The van der Waals surface area contributed by atoms with Gasteiger partial charge in [-0.2, -0.15) is 0 Å². The lowest BCUT2D eigenvalue weighted by atomic mass is 10.2. The predicted molar refractivity (Wildman–Crippen MR) is 109 cm³/mol. The molecule has 0 spiro atoms. The summed E-state index contributed by atoms with van der Waals surface area (Å²) in [4.78, 5) is 8.75. The van der Waals surface area contributed by atoms with Crippen LogP contribution >= 0.6 is 24.0 Å². The van der Waals surface area contributed by atoms with E-state index in [-0.39, 0.29) is 24.0 Å². The topological polar surface area (TPSA) is 67.8 Å². The van der Waals surface area contributed by atoms with Gasteiger partial charge < -0.3 is 20.1 Å². The van der Waals surface area contributed by atoms with Gasteiger partial charge in [-0.05, 0) is 42.7 Å². The zero-order valence-corrected chi connectivity index (χ0v) is 16.5. The maximum absolute atomic E-state index is 5.40. The minimum absolute atomic E-state index is 0. The minimum atomic E-state index is 0.